The van der Waals surface area contributed by atoms with Crippen molar-refractivity contribution in [3.05, 3.63) is 29.2 Å². The van der Waals surface area contributed by atoms with E-state index in [1.807, 2.05) is 16.9 Å². The number of anilines is 1. The van der Waals surface area contributed by atoms with Crippen LogP contribution in [0.2, 0.25) is 5.02 Å². The van der Waals surface area contributed by atoms with Crippen molar-refractivity contribution in [2.75, 3.05) is 5.32 Å². The van der Waals surface area contributed by atoms with Gasteiger partial charge in [-0.3, -0.25) is 9.48 Å². The molecule has 7 heteroatoms. The smallest absolute Gasteiger partial charge is 0.228 e. The lowest BCUT2D eigenvalue weighted by atomic mass is 9.85. The summed E-state index contributed by atoms with van der Waals surface area (Å²) in [5.74, 6) is 0.471. The molecule has 3 N–H and O–H groups in total. The van der Waals surface area contributed by atoms with E-state index in [-0.39, 0.29) is 23.3 Å². The number of carbonyl (C=O) groups is 1. The Balaban J connectivity index is 1.57. The Morgan fingerprint density at radius 2 is 2.15 bits per heavy atom. The van der Waals surface area contributed by atoms with Gasteiger partial charge in [0.05, 0.1) is 11.2 Å². The first-order valence-electron chi connectivity index (χ1n) is 9.59. The number of carbonyl (C=O) groups excluding carboxylic acids is 1. The van der Waals surface area contributed by atoms with Crippen LogP contribution in [0.5, 0.6) is 0 Å². The minimum Gasteiger partial charge on any atom is -0.328 e. The second-order valence-electron chi connectivity index (χ2n) is 8.67. The minimum atomic E-state index is -0.0455. The van der Waals surface area contributed by atoms with Crippen molar-refractivity contribution in [1.29, 1.82) is 0 Å². The van der Waals surface area contributed by atoms with Crippen molar-refractivity contribution < 1.29 is 4.79 Å². The molecular formula is C20H26ClN5O. The molecule has 2 atom stereocenters. The summed E-state index contributed by atoms with van der Waals surface area (Å²) >= 11 is 6.44. The third-order valence-corrected chi connectivity index (χ3v) is 5.96. The molecule has 2 aromatic rings. The number of nitrogens with two attached hydrogens (primary N) is 1. The predicted molar refractivity (Wildman–Crippen MR) is 107 cm³/mol. The monoisotopic (exact) mass is 387 g/mol. The van der Waals surface area contributed by atoms with E-state index in [0.717, 1.165) is 49.8 Å². The number of halogens is 1. The van der Waals surface area contributed by atoms with Gasteiger partial charge in [-0.25, -0.2) is 4.98 Å². The Morgan fingerprint density at radius 3 is 2.93 bits per heavy atom. The van der Waals surface area contributed by atoms with Gasteiger partial charge in [0.15, 0.2) is 0 Å². The second-order valence-corrected chi connectivity index (χ2v) is 9.07. The highest BCUT2D eigenvalue weighted by atomic mass is 35.5. The van der Waals surface area contributed by atoms with Crippen molar-refractivity contribution in [3.8, 4) is 11.1 Å². The number of hydrogen-bond donors (Lipinski definition) is 2. The van der Waals surface area contributed by atoms with Crippen LogP contribution in [0.15, 0.2) is 18.5 Å². The molecule has 2 aliphatic rings. The fourth-order valence-corrected chi connectivity index (χ4v) is 4.49. The van der Waals surface area contributed by atoms with Crippen molar-refractivity contribution in [2.24, 2.45) is 17.1 Å². The highest BCUT2D eigenvalue weighted by molar-refractivity contribution is 6.33. The molecule has 0 radical (unpaired) electrons. The quantitative estimate of drug-likeness (QED) is 0.841. The summed E-state index contributed by atoms with van der Waals surface area (Å²) < 4.78 is 2.05. The van der Waals surface area contributed by atoms with Crippen LogP contribution in [0.3, 0.4) is 0 Å². The van der Waals surface area contributed by atoms with Gasteiger partial charge in [-0.2, -0.15) is 5.10 Å². The third kappa shape index (κ3) is 3.73. The van der Waals surface area contributed by atoms with E-state index in [2.05, 4.69) is 29.2 Å². The molecule has 27 heavy (non-hydrogen) atoms. The van der Waals surface area contributed by atoms with Gasteiger partial charge in [0.25, 0.3) is 0 Å². The van der Waals surface area contributed by atoms with Gasteiger partial charge in [0.2, 0.25) is 5.91 Å². The van der Waals surface area contributed by atoms with Gasteiger partial charge in [-0.1, -0.05) is 31.9 Å². The molecule has 3 heterocycles. The minimum absolute atomic E-state index is 0.00714. The molecule has 1 aliphatic heterocycles. The summed E-state index contributed by atoms with van der Waals surface area (Å²) in [7, 11) is 0. The summed E-state index contributed by atoms with van der Waals surface area (Å²) in [6, 6.07) is 1.97. The van der Waals surface area contributed by atoms with E-state index in [9.17, 15) is 4.79 Å². The van der Waals surface area contributed by atoms with E-state index in [4.69, 9.17) is 17.3 Å². The Morgan fingerprint density at radius 1 is 1.33 bits per heavy atom. The molecule has 2 aromatic heterocycles. The van der Waals surface area contributed by atoms with Crippen LogP contribution in [-0.2, 0) is 17.8 Å². The largest absolute Gasteiger partial charge is 0.328 e. The van der Waals surface area contributed by atoms with Crippen LogP contribution >= 0.6 is 11.6 Å². The first-order chi connectivity index (χ1) is 12.8. The van der Waals surface area contributed by atoms with Gasteiger partial charge >= 0.3 is 0 Å². The lowest BCUT2D eigenvalue weighted by molar-refractivity contribution is -0.120. The standard InChI is InChI=1S/C20H26ClN5O/c1-20(2)8-17-15(9-24-26(17)11-20)14-7-18(23-10-16(14)21)25-19(27)12-4-3-5-13(22)6-12/h7,9-10,12-13H,3-6,8,11,22H2,1-2H3,(H,23,25,27)/t12-,13-/m0/s1. The number of amides is 1. The number of aromatic nitrogens is 3. The highest BCUT2D eigenvalue weighted by Gasteiger charge is 2.32. The van der Waals surface area contributed by atoms with E-state index in [1.165, 1.54) is 5.69 Å². The van der Waals surface area contributed by atoms with Crippen LogP contribution < -0.4 is 11.1 Å². The summed E-state index contributed by atoms with van der Waals surface area (Å²) in [5, 5.41) is 8.04. The van der Waals surface area contributed by atoms with Gasteiger partial charge < -0.3 is 11.1 Å². The second kappa shape index (κ2) is 6.91. The Bertz CT molecular complexity index is 875. The van der Waals surface area contributed by atoms with E-state index >= 15 is 0 Å². The molecule has 0 saturated heterocycles. The van der Waals surface area contributed by atoms with E-state index in [0.29, 0.717) is 10.8 Å². The van der Waals surface area contributed by atoms with Crippen LogP contribution in [0.25, 0.3) is 11.1 Å². The molecule has 6 nitrogen and oxygen atoms in total. The summed E-state index contributed by atoms with van der Waals surface area (Å²) in [5.41, 5.74) is 9.27. The summed E-state index contributed by atoms with van der Waals surface area (Å²) in [6.07, 6.45) is 8.01. The fraction of sp³-hybridized carbons (Fsp3) is 0.550. The van der Waals surface area contributed by atoms with Gasteiger partial charge in [-0.15, -0.1) is 0 Å². The fourth-order valence-electron chi connectivity index (χ4n) is 4.28. The maximum atomic E-state index is 12.6. The zero-order valence-electron chi connectivity index (χ0n) is 15.8. The average Bonchev–Trinajstić information content (AvgIpc) is 3.11. The van der Waals surface area contributed by atoms with Crippen molar-refractivity contribution in [1.82, 2.24) is 14.8 Å². The number of fused-ring (bicyclic) bond motifs is 1. The lowest BCUT2D eigenvalue weighted by Crippen LogP contribution is -2.34. The predicted octanol–water partition coefficient (Wildman–Crippen LogP) is 3.64. The summed E-state index contributed by atoms with van der Waals surface area (Å²) in [6.45, 7) is 5.37. The van der Waals surface area contributed by atoms with Crippen LogP contribution in [0.1, 0.15) is 45.2 Å². The third-order valence-electron chi connectivity index (χ3n) is 5.65. The summed E-state index contributed by atoms with van der Waals surface area (Å²) in [4.78, 5) is 16.9. The van der Waals surface area contributed by atoms with Crippen molar-refractivity contribution in [2.45, 2.75) is 58.5 Å². The Labute approximate surface area is 164 Å². The average molecular weight is 388 g/mol. The number of nitrogens with one attached hydrogen (secondary N) is 1. The van der Waals surface area contributed by atoms with Crippen LogP contribution in [0.4, 0.5) is 5.82 Å². The van der Waals surface area contributed by atoms with Gasteiger partial charge in [0.1, 0.15) is 5.82 Å². The normalized spacial score (nSPS) is 23.9. The Kier molecular flexibility index (Phi) is 4.72. The van der Waals surface area contributed by atoms with Gasteiger partial charge in [0, 0.05) is 41.5 Å². The maximum Gasteiger partial charge on any atom is 0.228 e. The molecule has 1 aliphatic carbocycles. The highest BCUT2D eigenvalue weighted by Crippen LogP contribution is 2.39. The van der Waals surface area contributed by atoms with E-state index in [1.54, 1.807) is 6.20 Å². The van der Waals surface area contributed by atoms with Crippen molar-refractivity contribution in [3.63, 3.8) is 0 Å². The molecule has 0 bridgehead atoms. The van der Waals surface area contributed by atoms with Crippen LogP contribution in [-0.4, -0.2) is 26.7 Å². The zero-order valence-corrected chi connectivity index (χ0v) is 16.6. The zero-order chi connectivity index (χ0) is 19.2. The Hall–Kier alpha value is -1.92. The molecule has 0 spiro atoms. The van der Waals surface area contributed by atoms with Crippen LogP contribution in [0, 0.1) is 11.3 Å². The van der Waals surface area contributed by atoms with Gasteiger partial charge in [-0.05, 0) is 37.2 Å². The first-order valence-corrected chi connectivity index (χ1v) is 9.97. The number of hydrogen-bond acceptors (Lipinski definition) is 4. The molecular weight excluding hydrogens is 362 g/mol. The SMILES string of the molecule is CC1(C)Cc2c(-c3cc(NC(=O)[C@H]4CCC[C@H](N)C4)ncc3Cl)cnn2C1. The van der Waals surface area contributed by atoms with Crippen molar-refractivity contribution >= 4 is 23.3 Å². The molecule has 144 valence electrons. The molecule has 1 amide bonds. The molecule has 0 unspecified atom stereocenters. The molecule has 4 rings (SSSR count). The number of rotatable bonds is 3. The topological polar surface area (TPSA) is 85.8 Å². The van der Waals surface area contributed by atoms with E-state index < -0.39 is 0 Å². The molecule has 1 saturated carbocycles. The number of nitrogens with zero attached hydrogens (tertiary/aromatic N) is 3. The number of pyridine rings is 1. The maximum absolute atomic E-state index is 12.6. The lowest BCUT2D eigenvalue weighted by Gasteiger charge is -2.25. The first kappa shape index (κ1) is 18.4. The molecule has 1 fully saturated rings. The molecule has 0 aromatic carbocycles.